The number of carbonyl (C=O) groups excluding carboxylic acids is 3. The molecule has 3 amide bonds. The Kier molecular flexibility index (Phi) is 24.2. The molecule has 0 fully saturated rings. The zero-order valence-corrected chi connectivity index (χ0v) is 29.3. The van der Waals surface area contributed by atoms with Crippen molar-refractivity contribution in [3.8, 4) is 0 Å². The fraction of sp³-hybridized carbons (Fsp3) is 0.833. The molecule has 0 aromatic rings. The van der Waals surface area contributed by atoms with E-state index in [1.165, 1.54) is 71.1 Å². The largest absolute Gasteiger partial charge is 0.380 e. The van der Waals surface area contributed by atoms with Gasteiger partial charge in [0.2, 0.25) is 27.7 Å². The van der Waals surface area contributed by atoms with Crippen LogP contribution in [0.25, 0.3) is 0 Å². The number of primary amides is 1. The first-order valence-electron chi connectivity index (χ1n) is 16.5. The highest BCUT2D eigenvalue weighted by Gasteiger charge is 2.27. The lowest BCUT2D eigenvalue weighted by atomic mass is 10.1. The summed E-state index contributed by atoms with van der Waals surface area (Å²) in [5.74, 6) is -2.11. The van der Waals surface area contributed by atoms with E-state index in [4.69, 9.17) is 29.4 Å². The fourth-order valence-electron chi connectivity index (χ4n) is 4.71. The van der Waals surface area contributed by atoms with Gasteiger partial charge in [-0.1, -0.05) is 83.3 Å². The molecule has 0 aliphatic rings. The van der Waals surface area contributed by atoms with Crippen LogP contribution >= 0.6 is 12.2 Å². The number of sulfonamides is 1. The number of carbonyl (C=O) groups is 3. The maximum absolute atomic E-state index is 12.9. The Morgan fingerprint density at radius 1 is 0.756 bits per heavy atom. The van der Waals surface area contributed by atoms with E-state index in [1.807, 2.05) is 0 Å². The van der Waals surface area contributed by atoms with Gasteiger partial charge in [0.1, 0.15) is 18.1 Å². The minimum Gasteiger partial charge on any atom is -0.380 e. The average molecular weight is 677 g/mol. The van der Waals surface area contributed by atoms with Gasteiger partial charge in [-0.05, 0) is 51.9 Å². The molecule has 3 atom stereocenters. The van der Waals surface area contributed by atoms with Crippen LogP contribution in [-0.4, -0.2) is 74.6 Å². The van der Waals surface area contributed by atoms with E-state index in [0.29, 0.717) is 25.8 Å². The van der Waals surface area contributed by atoms with Crippen molar-refractivity contribution in [2.45, 2.75) is 141 Å². The van der Waals surface area contributed by atoms with Crippen molar-refractivity contribution in [1.29, 1.82) is 0 Å². The molecule has 45 heavy (non-hydrogen) atoms. The summed E-state index contributed by atoms with van der Waals surface area (Å²) < 4.78 is 26.1. The first-order valence-corrected chi connectivity index (χ1v) is 18.8. The van der Waals surface area contributed by atoms with Crippen LogP contribution in [0.4, 0.5) is 0 Å². The molecule has 13 nitrogen and oxygen atoms in total. The minimum absolute atomic E-state index is 0.0854. The zero-order chi connectivity index (χ0) is 34.1. The summed E-state index contributed by atoms with van der Waals surface area (Å²) in [6.45, 7) is 4.56. The van der Waals surface area contributed by atoms with Gasteiger partial charge in [-0.25, -0.2) is 13.1 Å². The second kappa shape index (κ2) is 25.6. The Morgan fingerprint density at radius 2 is 1.31 bits per heavy atom. The first kappa shape index (κ1) is 42.5. The number of unbranched alkanes of at least 4 members (excludes halogenated alkanes) is 11. The summed E-state index contributed by atoms with van der Waals surface area (Å²) in [5.41, 5.74) is 15.9. The van der Waals surface area contributed by atoms with Crippen molar-refractivity contribution in [3.05, 3.63) is 0 Å². The van der Waals surface area contributed by atoms with Crippen LogP contribution in [0.2, 0.25) is 0 Å². The van der Waals surface area contributed by atoms with Gasteiger partial charge in [0.15, 0.2) is 5.96 Å². The van der Waals surface area contributed by atoms with Gasteiger partial charge >= 0.3 is 0 Å². The molecule has 0 aliphatic carbocycles. The number of nitrogens with two attached hydrogens (primary N) is 3. The molecule has 0 unspecified atom stereocenters. The lowest BCUT2D eigenvalue weighted by Gasteiger charge is -2.22. The molecule has 0 aliphatic heterocycles. The SMILES string of the molecule is CCCCCCCCCCCCCC(=S)NCCCC[C@H](NS(C)(=O)=O)C(=O)N[C@H](C)C(=O)N[C@@H](CCCN=C(N)N)C(N)=O. The van der Waals surface area contributed by atoms with E-state index in [9.17, 15) is 22.8 Å². The molecule has 0 heterocycles. The van der Waals surface area contributed by atoms with E-state index in [1.54, 1.807) is 0 Å². The lowest BCUT2D eigenvalue weighted by Crippen LogP contribution is -2.55. The second-order valence-electron chi connectivity index (χ2n) is 11.7. The molecule has 0 saturated carbocycles. The number of guanidine groups is 1. The number of nitrogens with zero attached hydrogens (tertiary/aromatic N) is 1. The molecule has 0 radical (unpaired) electrons. The summed E-state index contributed by atoms with van der Waals surface area (Å²) in [4.78, 5) is 42.0. The summed E-state index contributed by atoms with van der Waals surface area (Å²) >= 11 is 5.45. The average Bonchev–Trinajstić information content (AvgIpc) is 2.95. The maximum Gasteiger partial charge on any atom is 0.242 e. The van der Waals surface area contributed by atoms with E-state index in [2.05, 4.69) is 32.6 Å². The summed E-state index contributed by atoms with van der Waals surface area (Å²) in [6.07, 6.45) is 18.0. The van der Waals surface area contributed by atoms with Gasteiger partial charge in [-0.3, -0.25) is 19.4 Å². The standard InChI is InChI=1S/C30H60N8O5S2/c1-4-5-6-7-8-9-10-11-12-13-14-20-26(44)34-21-16-15-18-25(38-45(3,42)43)29(41)36-23(2)28(40)37-24(27(31)39)19-17-22-35-30(32)33/h23-25,38H,4-22H2,1-3H3,(H2,31,39)(H,34,44)(H,36,41)(H,37,40)(H4,32,33,35)/t23-,24+,25+/m1/s1. The third-order valence-corrected chi connectivity index (χ3v) is 8.34. The number of amides is 3. The highest BCUT2D eigenvalue weighted by atomic mass is 32.2. The van der Waals surface area contributed by atoms with Gasteiger partial charge < -0.3 is 33.2 Å². The lowest BCUT2D eigenvalue weighted by molar-refractivity contribution is -0.131. The molecule has 0 saturated heterocycles. The molecule has 15 heteroatoms. The van der Waals surface area contributed by atoms with Gasteiger partial charge in [0, 0.05) is 13.1 Å². The number of rotatable bonds is 28. The van der Waals surface area contributed by atoms with Gasteiger partial charge in [-0.15, -0.1) is 0 Å². The highest BCUT2D eigenvalue weighted by Crippen LogP contribution is 2.12. The van der Waals surface area contributed by atoms with E-state index < -0.39 is 45.9 Å². The molecule has 0 aromatic heterocycles. The van der Waals surface area contributed by atoms with E-state index in [0.717, 1.165) is 24.1 Å². The zero-order valence-electron chi connectivity index (χ0n) is 27.7. The van der Waals surface area contributed by atoms with E-state index >= 15 is 0 Å². The van der Waals surface area contributed by atoms with Crippen LogP contribution in [0.5, 0.6) is 0 Å². The Labute approximate surface area is 276 Å². The highest BCUT2D eigenvalue weighted by molar-refractivity contribution is 7.88. The van der Waals surface area contributed by atoms with Crippen LogP contribution in [0.1, 0.15) is 123 Å². The second-order valence-corrected chi connectivity index (χ2v) is 14.0. The van der Waals surface area contributed by atoms with Crippen molar-refractivity contribution in [3.63, 3.8) is 0 Å². The van der Waals surface area contributed by atoms with Gasteiger partial charge in [0.05, 0.1) is 11.2 Å². The summed E-state index contributed by atoms with van der Waals surface area (Å²) in [6, 6.07) is -3.09. The Balaban J connectivity index is 4.44. The monoisotopic (exact) mass is 676 g/mol. The number of hydrogen-bond acceptors (Lipinski definition) is 7. The van der Waals surface area contributed by atoms with Crippen molar-refractivity contribution in [2.75, 3.05) is 19.3 Å². The third kappa shape index (κ3) is 25.4. The van der Waals surface area contributed by atoms with Crippen LogP contribution in [0, 0.1) is 0 Å². The van der Waals surface area contributed by atoms with Crippen molar-refractivity contribution in [1.82, 2.24) is 20.7 Å². The van der Waals surface area contributed by atoms with Crippen LogP contribution in [0.3, 0.4) is 0 Å². The molecule has 10 N–H and O–H groups in total. The fourth-order valence-corrected chi connectivity index (χ4v) is 5.69. The third-order valence-electron chi connectivity index (χ3n) is 7.28. The number of aliphatic imine (C=N–C) groups is 1. The summed E-state index contributed by atoms with van der Waals surface area (Å²) in [7, 11) is -3.69. The molecule has 0 spiro atoms. The smallest absolute Gasteiger partial charge is 0.242 e. The quantitative estimate of drug-likeness (QED) is 0.0279. The van der Waals surface area contributed by atoms with Crippen LogP contribution < -0.4 is 37.9 Å². The van der Waals surface area contributed by atoms with Crippen LogP contribution in [-0.2, 0) is 24.4 Å². The van der Waals surface area contributed by atoms with Gasteiger partial charge in [-0.2, -0.15) is 0 Å². The molecule has 0 rings (SSSR count). The molecule has 262 valence electrons. The topological polar surface area (TPSA) is 224 Å². The number of nitrogens with one attached hydrogen (secondary N) is 4. The Morgan fingerprint density at radius 3 is 1.84 bits per heavy atom. The molecular weight excluding hydrogens is 617 g/mol. The predicted molar refractivity (Wildman–Crippen MR) is 186 cm³/mol. The Hall–Kier alpha value is -2.52. The molecule has 0 aromatic carbocycles. The van der Waals surface area contributed by atoms with Crippen molar-refractivity contribution < 1.29 is 22.8 Å². The number of hydrogen-bond donors (Lipinski definition) is 7. The molecular formula is C30H60N8O5S2. The predicted octanol–water partition coefficient (Wildman–Crippen LogP) is 2.22. The summed E-state index contributed by atoms with van der Waals surface area (Å²) in [5, 5.41) is 8.28. The normalized spacial score (nSPS) is 13.3. The van der Waals surface area contributed by atoms with Crippen molar-refractivity contribution in [2.24, 2.45) is 22.2 Å². The first-order chi connectivity index (χ1) is 21.3. The van der Waals surface area contributed by atoms with Crippen LogP contribution in [0.15, 0.2) is 4.99 Å². The minimum atomic E-state index is -3.69. The number of thiocarbonyl (C=S) groups is 1. The van der Waals surface area contributed by atoms with E-state index in [-0.39, 0.29) is 25.3 Å². The molecule has 0 bridgehead atoms. The Bertz CT molecular complexity index is 1010. The van der Waals surface area contributed by atoms with Crippen molar-refractivity contribution >= 4 is 50.9 Å². The maximum atomic E-state index is 12.9. The van der Waals surface area contributed by atoms with Gasteiger partial charge in [0.25, 0.3) is 0 Å².